The first-order valence-corrected chi connectivity index (χ1v) is 11.2. The lowest BCUT2D eigenvalue weighted by Gasteiger charge is -2.17. The van der Waals surface area contributed by atoms with E-state index in [2.05, 4.69) is 6.58 Å². The molecule has 8 heteroatoms. The van der Waals surface area contributed by atoms with Gasteiger partial charge in [0.05, 0.1) is 11.5 Å². The summed E-state index contributed by atoms with van der Waals surface area (Å²) in [5.74, 6) is -0.774. The molecule has 7 nitrogen and oxygen atoms in total. The molecule has 1 heterocycles. The van der Waals surface area contributed by atoms with Gasteiger partial charge in [0, 0.05) is 5.56 Å². The van der Waals surface area contributed by atoms with Crippen molar-refractivity contribution in [3.63, 3.8) is 0 Å². The van der Waals surface area contributed by atoms with Crippen molar-refractivity contribution in [2.75, 3.05) is 13.2 Å². The number of imide groups is 1. The van der Waals surface area contributed by atoms with Crippen LogP contribution < -0.4 is 9.47 Å². The highest BCUT2D eigenvalue weighted by Gasteiger charge is 2.36. The first-order valence-electron chi connectivity index (χ1n) is 10.4. The van der Waals surface area contributed by atoms with E-state index in [1.807, 2.05) is 44.2 Å². The first-order chi connectivity index (χ1) is 15.8. The van der Waals surface area contributed by atoms with Gasteiger partial charge in [-0.3, -0.25) is 19.3 Å². The van der Waals surface area contributed by atoms with Gasteiger partial charge in [0.25, 0.3) is 11.1 Å². The molecule has 0 bridgehead atoms. The summed E-state index contributed by atoms with van der Waals surface area (Å²) in [5.41, 5.74) is 3.64. The van der Waals surface area contributed by atoms with E-state index in [4.69, 9.17) is 14.6 Å². The molecular formula is C25H25NO6S. The maximum Gasteiger partial charge on any atom is 0.323 e. The van der Waals surface area contributed by atoms with Crippen molar-refractivity contribution in [1.29, 1.82) is 0 Å². The molecule has 1 saturated heterocycles. The van der Waals surface area contributed by atoms with Crippen LogP contribution in [0.5, 0.6) is 11.5 Å². The third kappa shape index (κ3) is 6.04. The van der Waals surface area contributed by atoms with Gasteiger partial charge in [-0.25, -0.2) is 0 Å². The van der Waals surface area contributed by atoms with Crippen LogP contribution in [0.2, 0.25) is 0 Å². The number of carboxylic acid groups (broad SMARTS) is 1. The molecule has 0 aliphatic carbocycles. The van der Waals surface area contributed by atoms with Crippen LogP contribution in [0.15, 0.2) is 54.0 Å². The van der Waals surface area contributed by atoms with E-state index in [0.29, 0.717) is 53.4 Å². The predicted octanol–water partition coefficient (Wildman–Crippen LogP) is 4.82. The second-order valence-corrected chi connectivity index (χ2v) is 8.36. The third-order valence-electron chi connectivity index (χ3n) is 4.79. The number of hydrogen-bond acceptors (Lipinski definition) is 6. The summed E-state index contributed by atoms with van der Waals surface area (Å²) in [6, 6.07) is 11.6. The number of aliphatic carboxylic acids is 1. The topological polar surface area (TPSA) is 93.1 Å². The highest BCUT2D eigenvalue weighted by Crippen LogP contribution is 2.37. The number of benzene rings is 2. The monoisotopic (exact) mass is 467 g/mol. The van der Waals surface area contributed by atoms with Gasteiger partial charge in [-0.05, 0) is 61.4 Å². The van der Waals surface area contributed by atoms with E-state index in [1.165, 1.54) is 5.56 Å². The quantitative estimate of drug-likeness (QED) is 0.395. The molecule has 1 aliphatic rings. The zero-order chi connectivity index (χ0) is 24.0. The lowest BCUT2D eigenvalue weighted by atomic mass is 10.0. The van der Waals surface area contributed by atoms with Crippen molar-refractivity contribution >= 4 is 35.0 Å². The van der Waals surface area contributed by atoms with E-state index in [9.17, 15) is 14.4 Å². The lowest BCUT2D eigenvalue weighted by Crippen LogP contribution is -2.33. The molecule has 0 aromatic heterocycles. The summed E-state index contributed by atoms with van der Waals surface area (Å²) < 4.78 is 12.0. The van der Waals surface area contributed by atoms with Crippen molar-refractivity contribution in [1.82, 2.24) is 4.90 Å². The molecule has 0 spiro atoms. The average molecular weight is 468 g/mol. The molecule has 1 fully saturated rings. The maximum atomic E-state index is 12.5. The fourth-order valence-electron chi connectivity index (χ4n) is 3.26. The number of nitrogens with zero attached hydrogens (tertiary/aromatic N) is 1. The minimum absolute atomic E-state index is 0.154. The smallest absolute Gasteiger partial charge is 0.323 e. The van der Waals surface area contributed by atoms with Crippen molar-refractivity contribution in [2.45, 2.75) is 26.9 Å². The standard InChI is InChI=1S/C25H25NO6S/c1-4-6-19-11-18(13-21-24(29)26(14-22(27)28)25(30)33-21)12-20(31-5-2)23(19)32-15-17-9-7-16(3)8-10-17/h4,7-13H,1,5-6,14-15H2,2-3H3,(H,27,28)/b21-13+. The van der Waals surface area contributed by atoms with Gasteiger partial charge in [0.2, 0.25) is 0 Å². The Kier molecular flexibility index (Phi) is 7.95. The Morgan fingerprint density at radius 1 is 1.18 bits per heavy atom. The Bertz CT molecular complexity index is 1110. The summed E-state index contributed by atoms with van der Waals surface area (Å²) in [5, 5.41) is 8.33. The number of allylic oxidation sites excluding steroid dienone is 1. The number of rotatable bonds is 10. The lowest BCUT2D eigenvalue weighted by molar-refractivity contribution is -0.140. The summed E-state index contributed by atoms with van der Waals surface area (Å²) >= 11 is 0.713. The van der Waals surface area contributed by atoms with Gasteiger partial charge in [-0.2, -0.15) is 0 Å². The fourth-order valence-corrected chi connectivity index (χ4v) is 4.10. The second-order valence-electron chi connectivity index (χ2n) is 7.37. The second kappa shape index (κ2) is 10.9. The highest BCUT2D eigenvalue weighted by molar-refractivity contribution is 8.18. The molecule has 0 atom stereocenters. The summed E-state index contributed by atoms with van der Waals surface area (Å²) in [7, 11) is 0. The molecule has 0 unspecified atom stereocenters. The molecule has 0 radical (unpaired) electrons. The molecule has 33 heavy (non-hydrogen) atoms. The van der Waals surface area contributed by atoms with Gasteiger partial charge in [0.1, 0.15) is 13.2 Å². The largest absolute Gasteiger partial charge is 0.490 e. The number of hydrogen-bond donors (Lipinski definition) is 1. The van der Waals surface area contributed by atoms with Crippen molar-refractivity contribution in [3.8, 4) is 11.5 Å². The van der Waals surface area contributed by atoms with E-state index < -0.39 is 23.7 Å². The summed E-state index contributed by atoms with van der Waals surface area (Å²) in [6.45, 7) is 7.80. The maximum absolute atomic E-state index is 12.5. The number of carboxylic acids is 1. The van der Waals surface area contributed by atoms with E-state index in [0.717, 1.165) is 11.1 Å². The Hall–Kier alpha value is -3.52. The number of aryl methyl sites for hydroxylation is 1. The van der Waals surface area contributed by atoms with E-state index in [-0.39, 0.29) is 4.91 Å². The summed E-state index contributed by atoms with van der Waals surface area (Å²) in [6.07, 6.45) is 3.81. The molecule has 172 valence electrons. The van der Waals surface area contributed by atoms with Crippen LogP contribution in [-0.2, 0) is 22.6 Å². The van der Waals surface area contributed by atoms with Crippen molar-refractivity contribution in [3.05, 3.63) is 76.2 Å². The molecule has 2 amide bonds. The third-order valence-corrected chi connectivity index (χ3v) is 5.69. The first kappa shape index (κ1) is 24.1. The Labute approximate surface area is 196 Å². The zero-order valence-electron chi connectivity index (χ0n) is 18.5. The minimum Gasteiger partial charge on any atom is -0.490 e. The van der Waals surface area contributed by atoms with Crippen LogP contribution in [0.1, 0.15) is 29.2 Å². The SMILES string of the molecule is C=CCc1cc(/C=C2/SC(=O)N(CC(=O)O)C2=O)cc(OCC)c1OCc1ccc(C)cc1. The number of carbonyl (C=O) groups excluding carboxylic acids is 2. The molecule has 0 saturated carbocycles. The zero-order valence-corrected chi connectivity index (χ0v) is 19.3. The van der Waals surface area contributed by atoms with Gasteiger partial charge < -0.3 is 14.6 Å². The summed E-state index contributed by atoms with van der Waals surface area (Å²) in [4.78, 5) is 36.4. The Morgan fingerprint density at radius 3 is 2.55 bits per heavy atom. The molecule has 2 aromatic rings. The van der Waals surface area contributed by atoms with E-state index >= 15 is 0 Å². The van der Waals surface area contributed by atoms with Crippen LogP contribution in [0.25, 0.3) is 6.08 Å². The van der Waals surface area contributed by atoms with E-state index in [1.54, 1.807) is 18.2 Å². The van der Waals surface area contributed by atoms with Gasteiger partial charge in [-0.15, -0.1) is 6.58 Å². The van der Waals surface area contributed by atoms with Crippen molar-refractivity contribution < 1.29 is 29.0 Å². The fraction of sp³-hybridized carbons (Fsp3) is 0.240. The van der Waals surface area contributed by atoms with Crippen LogP contribution >= 0.6 is 11.8 Å². The molecule has 2 aromatic carbocycles. The van der Waals surface area contributed by atoms with Gasteiger partial charge >= 0.3 is 5.97 Å². The van der Waals surface area contributed by atoms with Crippen LogP contribution in [0.3, 0.4) is 0 Å². The molecule has 1 N–H and O–H groups in total. The number of carbonyl (C=O) groups is 3. The van der Waals surface area contributed by atoms with Crippen LogP contribution in [-0.4, -0.2) is 40.3 Å². The normalized spacial score (nSPS) is 14.6. The Morgan fingerprint density at radius 2 is 1.91 bits per heavy atom. The predicted molar refractivity (Wildman–Crippen MR) is 127 cm³/mol. The minimum atomic E-state index is -1.25. The van der Waals surface area contributed by atoms with Crippen LogP contribution in [0, 0.1) is 6.92 Å². The van der Waals surface area contributed by atoms with Gasteiger partial charge in [-0.1, -0.05) is 35.9 Å². The number of amides is 2. The van der Waals surface area contributed by atoms with Crippen molar-refractivity contribution in [2.24, 2.45) is 0 Å². The average Bonchev–Trinajstić information content (AvgIpc) is 3.02. The highest BCUT2D eigenvalue weighted by atomic mass is 32.2. The number of ether oxygens (including phenoxy) is 2. The van der Waals surface area contributed by atoms with Crippen LogP contribution in [0.4, 0.5) is 4.79 Å². The molecule has 3 rings (SSSR count). The van der Waals surface area contributed by atoms with Gasteiger partial charge in [0.15, 0.2) is 11.5 Å². The Balaban J connectivity index is 1.93. The number of thioether (sulfide) groups is 1. The molecular weight excluding hydrogens is 442 g/mol. The molecule has 1 aliphatic heterocycles.